The van der Waals surface area contributed by atoms with Crippen molar-refractivity contribution >= 4 is 17.7 Å². The highest BCUT2D eigenvalue weighted by Gasteiger charge is 2.23. The van der Waals surface area contributed by atoms with E-state index in [-0.39, 0.29) is 5.75 Å². The van der Waals surface area contributed by atoms with Gasteiger partial charge in [0, 0.05) is 18.0 Å². The van der Waals surface area contributed by atoms with Crippen molar-refractivity contribution in [3.8, 4) is 28.6 Å². The number of nitrogens with zero attached hydrogens (tertiary/aromatic N) is 4. The Hall–Kier alpha value is -3.07. The van der Waals surface area contributed by atoms with Crippen LogP contribution in [0.1, 0.15) is 0 Å². The van der Waals surface area contributed by atoms with Crippen molar-refractivity contribution in [3.05, 3.63) is 42.7 Å². The number of hydrogen-bond donors (Lipinski definition) is 1. The van der Waals surface area contributed by atoms with Gasteiger partial charge in [-0.15, -0.1) is 10.2 Å². The van der Waals surface area contributed by atoms with Gasteiger partial charge in [-0.2, -0.15) is 0 Å². The Kier molecular flexibility index (Phi) is 5.37. The van der Waals surface area contributed by atoms with Crippen LogP contribution in [0.4, 0.5) is 0 Å². The largest absolute Gasteiger partial charge is 0.494 e. The van der Waals surface area contributed by atoms with Gasteiger partial charge in [-0.05, 0) is 24.3 Å². The zero-order chi connectivity index (χ0) is 18.5. The maximum absolute atomic E-state index is 11.0. The zero-order valence-electron chi connectivity index (χ0n) is 14.1. The summed E-state index contributed by atoms with van der Waals surface area (Å²) in [4.78, 5) is 15.1. The van der Waals surface area contributed by atoms with Crippen molar-refractivity contribution in [2.45, 2.75) is 5.16 Å². The summed E-state index contributed by atoms with van der Waals surface area (Å²) in [5.74, 6) is 0.508. The van der Waals surface area contributed by atoms with E-state index >= 15 is 0 Å². The van der Waals surface area contributed by atoms with E-state index in [1.807, 2.05) is 6.07 Å². The molecule has 0 amide bonds. The third kappa shape index (κ3) is 3.47. The van der Waals surface area contributed by atoms with Gasteiger partial charge in [-0.3, -0.25) is 14.3 Å². The van der Waals surface area contributed by atoms with Crippen LogP contribution in [0.25, 0.3) is 17.1 Å². The predicted octanol–water partition coefficient (Wildman–Crippen LogP) is 2.52. The first-order valence-corrected chi connectivity index (χ1v) is 8.56. The highest BCUT2D eigenvalue weighted by molar-refractivity contribution is 7.99. The molecule has 0 radical (unpaired) electrons. The Balaban J connectivity index is 2.24. The van der Waals surface area contributed by atoms with Gasteiger partial charge in [-0.1, -0.05) is 17.8 Å². The van der Waals surface area contributed by atoms with Crippen molar-refractivity contribution in [3.63, 3.8) is 0 Å². The smallest absolute Gasteiger partial charge is 0.313 e. The molecule has 0 aliphatic rings. The second kappa shape index (κ2) is 7.87. The van der Waals surface area contributed by atoms with Crippen molar-refractivity contribution < 1.29 is 19.4 Å². The van der Waals surface area contributed by atoms with E-state index < -0.39 is 5.97 Å². The quantitative estimate of drug-likeness (QED) is 0.632. The summed E-state index contributed by atoms with van der Waals surface area (Å²) in [6, 6.07) is 9.02. The maximum Gasteiger partial charge on any atom is 0.313 e. The number of ether oxygens (including phenoxy) is 2. The minimum atomic E-state index is -0.945. The first-order valence-electron chi connectivity index (χ1n) is 7.57. The second-order valence-corrected chi connectivity index (χ2v) is 6.02. The van der Waals surface area contributed by atoms with E-state index in [1.165, 1.54) is 0 Å². The van der Waals surface area contributed by atoms with Crippen LogP contribution in [0.15, 0.2) is 47.9 Å². The van der Waals surface area contributed by atoms with E-state index in [2.05, 4.69) is 15.2 Å². The Bertz CT molecular complexity index is 892. The summed E-state index contributed by atoms with van der Waals surface area (Å²) >= 11 is 1.06. The van der Waals surface area contributed by atoms with Crippen LogP contribution in [0, 0.1) is 0 Å². The Labute approximate surface area is 153 Å². The molecule has 8 nitrogen and oxygen atoms in total. The standard InChI is InChI=1S/C17H16N4O4S/c1-24-12-6-3-7-13(25-2)15(12)21-16(11-5-4-8-18-9-11)19-20-17(21)26-10-14(22)23/h3-9H,10H2,1-2H3,(H,22,23). The fourth-order valence-corrected chi connectivity index (χ4v) is 3.08. The lowest BCUT2D eigenvalue weighted by atomic mass is 10.2. The third-order valence-electron chi connectivity index (χ3n) is 3.50. The van der Waals surface area contributed by atoms with E-state index in [4.69, 9.17) is 14.6 Å². The number of pyridine rings is 1. The van der Waals surface area contributed by atoms with E-state index in [0.29, 0.717) is 28.2 Å². The molecule has 1 N–H and O–H groups in total. The first kappa shape index (κ1) is 17.7. The molecule has 134 valence electrons. The Morgan fingerprint density at radius 1 is 1.15 bits per heavy atom. The summed E-state index contributed by atoms with van der Waals surface area (Å²) < 4.78 is 12.7. The summed E-state index contributed by atoms with van der Waals surface area (Å²) in [5, 5.41) is 17.8. The van der Waals surface area contributed by atoms with Crippen molar-refractivity contribution in [1.29, 1.82) is 0 Å². The molecular formula is C17H16N4O4S. The van der Waals surface area contributed by atoms with Gasteiger partial charge in [-0.25, -0.2) is 0 Å². The summed E-state index contributed by atoms with van der Waals surface area (Å²) in [6.45, 7) is 0. The summed E-state index contributed by atoms with van der Waals surface area (Å²) in [7, 11) is 3.10. The zero-order valence-corrected chi connectivity index (χ0v) is 14.9. The molecule has 0 unspecified atom stereocenters. The molecule has 0 atom stereocenters. The number of aromatic nitrogens is 4. The normalized spacial score (nSPS) is 10.5. The second-order valence-electron chi connectivity index (χ2n) is 5.08. The fraction of sp³-hybridized carbons (Fsp3) is 0.176. The lowest BCUT2D eigenvalue weighted by Gasteiger charge is -2.16. The molecule has 0 spiro atoms. The Morgan fingerprint density at radius 2 is 1.88 bits per heavy atom. The van der Waals surface area contributed by atoms with Crippen molar-refractivity contribution in [1.82, 2.24) is 19.7 Å². The molecule has 2 heterocycles. The molecule has 3 aromatic rings. The summed E-state index contributed by atoms with van der Waals surface area (Å²) in [5.41, 5.74) is 1.32. The highest BCUT2D eigenvalue weighted by Crippen LogP contribution is 2.38. The van der Waals surface area contributed by atoms with Crippen molar-refractivity contribution in [2.75, 3.05) is 20.0 Å². The molecule has 0 aliphatic heterocycles. The number of carboxylic acids is 1. The van der Waals surface area contributed by atoms with Gasteiger partial charge in [0.05, 0.1) is 20.0 Å². The van der Waals surface area contributed by atoms with Gasteiger partial charge >= 0.3 is 5.97 Å². The SMILES string of the molecule is COc1cccc(OC)c1-n1c(SCC(=O)O)nnc1-c1cccnc1. The average Bonchev–Trinajstić information content (AvgIpc) is 3.09. The number of thioether (sulfide) groups is 1. The molecular weight excluding hydrogens is 356 g/mol. The van der Waals surface area contributed by atoms with Gasteiger partial charge in [0.15, 0.2) is 11.0 Å². The van der Waals surface area contributed by atoms with E-state index in [0.717, 1.165) is 17.3 Å². The molecule has 3 rings (SSSR count). The molecule has 26 heavy (non-hydrogen) atoms. The van der Waals surface area contributed by atoms with Crippen LogP contribution >= 0.6 is 11.8 Å². The van der Waals surface area contributed by atoms with Crippen LogP contribution in [0.2, 0.25) is 0 Å². The van der Waals surface area contributed by atoms with Crippen LogP contribution < -0.4 is 9.47 Å². The number of carboxylic acid groups (broad SMARTS) is 1. The monoisotopic (exact) mass is 372 g/mol. The molecule has 0 saturated heterocycles. The minimum Gasteiger partial charge on any atom is -0.494 e. The lowest BCUT2D eigenvalue weighted by Crippen LogP contribution is -2.06. The number of aliphatic carboxylic acids is 1. The van der Waals surface area contributed by atoms with E-state index in [9.17, 15) is 4.79 Å². The van der Waals surface area contributed by atoms with Gasteiger partial charge in [0.25, 0.3) is 0 Å². The number of para-hydroxylation sites is 1. The van der Waals surface area contributed by atoms with Crippen LogP contribution in [0.3, 0.4) is 0 Å². The number of hydrogen-bond acceptors (Lipinski definition) is 7. The minimum absolute atomic E-state index is 0.150. The van der Waals surface area contributed by atoms with Crippen LogP contribution in [-0.2, 0) is 4.79 Å². The molecule has 9 heteroatoms. The van der Waals surface area contributed by atoms with Crippen LogP contribution in [0.5, 0.6) is 11.5 Å². The van der Waals surface area contributed by atoms with E-state index in [1.54, 1.807) is 55.4 Å². The summed E-state index contributed by atoms with van der Waals surface area (Å²) in [6.07, 6.45) is 3.32. The predicted molar refractivity (Wildman–Crippen MR) is 96.1 cm³/mol. The number of carbonyl (C=O) groups is 1. The highest BCUT2D eigenvalue weighted by atomic mass is 32.2. The van der Waals surface area contributed by atoms with Crippen molar-refractivity contribution in [2.24, 2.45) is 0 Å². The average molecular weight is 372 g/mol. The van der Waals surface area contributed by atoms with Gasteiger partial charge < -0.3 is 14.6 Å². The topological polar surface area (TPSA) is 99.4 Å². The molecule has 0 fully saturated rings. The Morgan fingerprint density at radius 3 is 2.46 bits per heavy atom. The first-order chi connectivity index (χ1) is 12.7. The third-order valence-corrected chi connectivity index (χ3v) is 4.42. The molecule has 0 bridgehead atoms. The molecule has 0 saturated carbocycles. The molecule has 2 aromatic heterocycles. The van der Waals surface area contributed by atoms with Crippen LogP contribution in [-0.4, -0.2) is 50.8 Å². The fourth-order valence-electron chi connectivity index (χ4n) is 2.43. The van der Waals surface area contributed by atoms with Gasteiger partial charge in [0.1, 0.15) is 17.2 Å². The number of methoxy groups -OCH3 is 2. The number of benzene rings is 1. The van der Waals surface area contributed by atoms with Gasteiger partial charge in [0.2, 0.25) is 0 Å². The lowest BCUT2D eigenvalue weighted by molar-refractivity contribution is -0.133. The molecule has 0 aliphatic carbocycles. The number of rotatable bonds is 7. The maximum atomic E-state index is 11.0. The molecule has 1 aromatic carbocycles.